The van der Waals surface area contributed by atoms with Crippen molar-refractivity contribution in [1.29, 1.82) is 0 Å². The normalized spacial score (nSPS) is 10.9. The van der Waals surface area contributed by atoms with Gasteiger partial charge < -0.3 is 4.98 Å². The predicted molar refractivity (Wildman–Crippen MR) is 129 cm³/mol. The number of thioether (sulfide) groups is 1. The van der Waals surface area contributed by atoms with Crippen molar-refractivity contribution in [2.24, 2.45) is 0 Å². The Morgan fingerprint density at radius 3 is 2.36 bits per heavy atom. The molecule has 2 aromatic heterocycles. The number of carbonyl (C=O) groups is 2. The first-order chi connectivity index (χ1) is 16.2. The quantitative estimate of drug-likeness (QED) is 0.269. The molecule has 0 bridgehead atoms. The van der Waals surface area contributed by atoms with Crippen LogP contribution >= 0.6 is 11.8 Å². The Morgan fingerprint density at radius 2 is 1.55 bits per heavy atom. The van der Waals surface area contributed by atoms with Gasteiger partial charge in [0.05, 0.1) is 22.1 Å². The molecule has 0 aliphatic rings. The molecule has 0 saturated heterocycles. The SMILES string of the molecule is O=C(NNC(=O)c1ccnc2ccccc12)c1ccc(CSc2nc3ccccc3[nH]2)cc1. The van der Waals surface area contributed by atoms with E-state index in [0.29, 0.717) is 22.4 Å². The summed E-state index contributed by atoms with van der Waals surface area (Å²) in [5.41, 5.74) is 9.57. The standard InChI is InChI=1S/C25H19N5O2S/c31-23(29-30-24(32)19-13-14-26-20-6-2-1-5-18(19)20)17-11-9-16(10-12-17)15-33-25-27-21-7-3-4-8-22(21)28-25/h1-14H,15H2,(H,27,28)(H,29,31)(H,30,32). The Morgan fingerprint density at radius 1 is 0.818 bits per heavy atom. The average Bonchev–Trinajstić information content (AvgIpc) is 3.29. The van der Waals surface area contributed by atoms with Crippen molar-refractivity contribution in [3.63, 3.8) is 0 Å². The van der Waals surface area contributed by atoms with Crippen molar-refractivity contribution < 1.29 is 9.59 Å². The number of nitrogens with zero attached hydrogens (tertiary/aromatic N) is 2. The molecule has 3 N–H and O–H groups in total. The van der Waals surface area contributed by atoms with E-state index in [1.807, 2.05) is 60.7 Å². The van der Waals surface area contributed by atoms with E-state index < -0.39 is 11.8 Å². The second-order valence-electron chi connectivity index (χ2n) is 7.33. The highest BCUT2D eigenvalue weighted by molar-refractivity contribution is 7.98. The molecule has 5 rings (SSSR count). The number of aromatic amines is 1. The van der Waals surface area contributed by atoms with Crippen molar-refractivity contribution in [2.45, 2.75) is 10.9 Å². The second-order valence-corrected chi connectivity index (χ2v) is 8.29. The molecule has 5 aromatic rings. The highest BCUT2D eigenvalue weighted by Crippen LogP contribution is 2.23. The van der Waals surface area contributed by atoms with Gasteiger partial charge in [0.2, 0.25) is 0 Å². The Bertz CT molecular complexity index is 1420. The number of aromatic nitrogens is 3. The Hall–Kier alpha value is -4.17. The van der Waals surface area contributed by atoms with Crippen molar-refractivity contribution in [1.82, 2.24) is 25.8 Å². The van der Waals surface area contributed by atoms with Crippen LogP contribution in [-0.4, -0.2) is 26.8 Å². The highest BCUT2D eigenvalue weighted by Gasteiger charge is 2.12. The number of hydrazine groups is 1. The van der Waals surface area contributed by atoms with Gasteiger partial charge in [0, 0.05) is 22.9 Å². The highest BCUT2D eigenvalue weighted by atomic mass is 32.2. The van der Waals surface area contributed by atoms with Crippen molar-refractivity contribution >= 4 is 45.5 Å². The Balaban J connectivity index is 1.18. The summed E-state index contributed by atoms with van der Waals surface area (Å²) in [7, 11) is 0. The first-order valence-corrected chi connectivity index (χ1v) is 11.3. The number of fused-ring (bicyclic) bond motifs is 2. The zero-order valence-electron chi connectivity index (χ0n) is 17.4. The molecule has 0 spiro atoms. The predicted octanol–water partition coefficient (Wildman–Crippen LogP) is 4.48. The van der Waals surface area contributed by atoms with E-state index in [1.165, 1.54) is 0 Å². The molecular formula is C25H19N5O2S. The van der Waals surface area contributed by atoms with E-state index in [0.717, 1.165) is 27.1 Å². The molecule has 33 heavy (non-hydrogen) atoms. The van der Waals surface area contributed by atoms with Crippen molar-refractivity contribution in [3.05, 3.63) is 102 Å². The number of imidazole rings is 1. The lowest BCUT2D eigenvalue weighted by atomic mass is 10.1. The minimum atomic E-state index is -0.402. The summed E-state index contributed by atoms with van der Waals surface area (Å²) in [6, 6.07) is 24.1. The molecule has 2 amide bonds. The van der Waals surface area contributed by atoms with Gasteiger partial charge in [-0.2, -0.15) is 0 Å². The summed E-state index contributed by atoms with van der Waals surface area (Å²) in [6.07, 6.45) is 1.57. The van der Waals surface area contributed by atoms with Gasteiger partial charge in [-0.05, 0) is 42.0 Å². The molecule has 7 nitrogen and oxygen atoms in total. The molecule has 8 heteroatoms. The monoisotopic (exact) mass is 453 g/mol. The third kappa shape index (κ3) is 4.56. The van der Waals surface area contributed by atoms with E-state index in [1.54, 1.807) is 36.2 Å². The van der Waals surface area contributed by atoms with Gasteiger partial charge in [-0.1, -0.05) is 54.2 Å². The van der Waals surface area contributed by atoms with E-state index in [9.17, 15) is 9.59 Å². The third-order valence-corrected chi connectivity index (χ3v) is 6.09. The van der Waals surface area contributed by atoms with Gasteiger partial charge in [0.1, 0.15) is 0 Å². The van der Waals surface area contributed by atoms with Crippen molar-refractivity contribution in [2.75, 3.05) is 0 Å². The van der Waals surface area contributed by atoms with E-state index in [2.05, 4.69) is 25.8 Å². The molecule has 0 unspecified atom stereocenters. The van der Waals surface area contributed by atoms with Crippen LogP contribution in [0.15, 0.2) is 90.2 Å². The van der Waals surface area contributed by atoms with Crippen LogP contribution in [0, 0.1) is 0 Å². The van der Waals surface area contributed by atoms with Crippen LogP contribution in [0.2, 0.25) is 0 Å². The maximum Gasteiger partial charge on any atom is 0.270 e. The summed E-state index contributed by atoms with van der Waals surface area (Å²) in [4.78, 5) is 37.1. The fraction of sp³-hybridized carbons (Fsp3) is 0.0400. The lowest BCUT2D eigenvalue weighted by molar-refractivity contribution is 0.0847. The smallest absolute Gasteiger partial charge is 0.270 e. The lowest BCUT2D eigenvalue weighted by Crippen LogP contribution is -2.41. The maximum absolute atomic E-state index is 12.6. The minimum Gasteiger partial charge on any atom is -0.333 e. The Labute approximate surface area is 193 Å². The van der Waals surface area contributed by atoms with Gasteiger partial charge in [0.15, 0.2) is 5.16 Å². The number of benzene rings is 3. The summed E-state index contributed by atoms with van der Waals surface area (Å²) >= 11 is 1.60. The summed E-state index contributed by atoms with van der Waals surface area (Å²) in [5, 5.41) is 1.57. The number of rotatable bonds is 5. The molecule has 162 valence electrons. The first kappa shape index (κ1) is 20.7. The molecule has 2 heterocycles. The number of H-pyrrole nitrogens is 1. The number of carbonyl (C=O) groups excluding carboxylic acids is 2. The zero-order valence-corrected chi connectivity index (χ0v) is 18.2. The first-order valence-electron chi connectivity index (χ1n) is 10.3. The topological polar surface area (TPSA) is 99.8 Å². The summed E-state index contributed by atoms with van der Waals surface area (Å²) in [6.45, 7) is 0. The fourth-order valence-electron chi connectivity index (χ4n) is 3.45. The average molecular weight is 454 g/mol. The van der Waals surface area contributed by atoms with E-state index in [4.69, 9.17) is 0 Å². The second kappa shape index (κ2) is 9.13. The summed E-state index contributed by atoms with van der Waals surface area (Å²) < 4.78 is 0. The van der Waals surface area contributed by atoms with Crippen LogP contribution in [0.3, 0.4) is 0 Å². The van der Waals surface area contributed by atoms with Crippen LogP contribution in [0.4, 0.5) is 0 Å². The van der Waals surface area contributed by atoms with Gasteiger partial charge in [0.25, 0.3) is 11.8 Å². The molecule has 0 radical (unpaired) electrons. The van der Waals surface area contributed by atoms with Gasteiger partial charge in [-0.15, -0.1) is 0 Å². The largest absolute Gasteiger partial charge is 0.333 e. The van der Waals surface area contributed by atoms with E-state index >= 15 is 0 Å². The number of nitrogens with one attached hydrogen (secondary N) is 3. The van der Waals surface area contributed by atoms with Gasteiger partial charge in [-0.25, -0.2) is 4.98 Å². The number of pyridine rings is 1. The molecule has 0 saturated carbocycles. The van der Waals surface area contributed by atoms with Crippen LogP contribution in [0.25, 0.3) is 21.9 Å². The number of amides is 2. The van der Waals surface area contributed by atoms with Crippen LogP contribution in [-0.2, 0) is 5.75 Å². The van der Waals surface area contributed by atoms with Crippen LogP contribution in [0.5, 0.6) is 0 Å². The molecule has 0 aliphatic carbocycles. The van der Waals surface area contributed by atoms with Crippen molar-refractivity contribution in [3.8, 4) is 0 Å². The minimum absolute atomic E-state index is 0.391. The van der Waals surface area contributed by atoms with Crippen LogP contribution in [0.1, 0.15) is 26.3 Å². The zero-order chi connectivity index (χ0) is 22.6. The van der Waals surface area contributed by atoms with Gasteiger partial charge >= 0.3 is 0 Å². The molecule has 3 aromatic carbocycles. The third-order valence-electron chi connectivity index (χ3n) is 5.14. The lowest BCUT2D eigenvalue weighted by Gasteiger charge is -2.09. The maximum atomic E-state index is 12.6. The Kier molecular flexibility index (Phi) is 5.73. The number of hydrogen-bond acceptors (Lipinski definition) is 5. The van der Waals surface area contributed by atoms with Gasteiger partial charge in [-0.3, -0.25) is 25.4 Å². The number of hydrogen-bond donors (Lipinski definition) is 3. The molecule has 0 fully saturated rings. The number of para-hydroxylation sites is 3. The molecule has 0 atom stereocenters. The fourth-order valence-corrected chi connectivity index (χ4v) is 4.29. The van der Waals surface area contributed by atoms with Crippen LogP contribution < -0.4 is 10.9 Å². The van der Waals surface area contributed by atoms with E-state index in [-0.39, 0.29) is 0 Å². The molecule has 0 aliphatic heterocycles. The molecular weight excluding hydrogens is 434 g/mol. The summed E-state index contributed by atoms with van der Waals surface area (Å²) in [5.74, 6) is -0.0767.